The van der Waals surface area contributed by atoms with Gasteiger partial charge in [-0.1, -0.05) is 35.9 Å². The molecule has 0 radical (unpaired) electrons. The molecule has 32 heavy (non-hydrogen) atoms. The number of amides is 1. The van der Waals surface area contributed by atoms with E-state index in [2.05, 4.69) is 34.9 Å². The number of rotatable bonds is 4. The van der Waals surface area contributed by atoms with Crippen LogP contribution in [-0.2, 0) is 0 Å². The number of anilines is 2. The van der Waals surface area contributed by atoms with Crippen LogP contribution in [0.3, 0.4) is 0 Å². The third-order valence-electron chi connectivity index (χ3n) is 6.19. The van der Waals surface area contributed by atoms with Crippen molar-refractivity contribution in [3.05, 3.63) is 111 Å². The van der Waals surface area contributed by atoms with Gasteiger partial charge in [0.05, 0.1) is 11.0 Å². The monoisotopic (exact) mass is 445 g/mol. The van der Waals surface area contributed by atoms with Crippen molar-refractivity contribution in [1.82, 2.24) is 0 Å². The topological polar surface area (TPSA) is 84.3 Å². The van der Waals surface area contributed by atoms with Crippen molar-refractivity contribution < 1.29 is 9.72 Å². The van der Waals surface area contributed by atoms with E-state index < -0.39 is 4.92 Å². The predicted octanol–water partition coefficient (Wildman–Crippen LogP) is 6.33. The van der Waals surface area contributed by atoms with Gasteiger partial charge in [0.2, 0.25) is 0 Å². The third kappa shape index (κ3) is 3.74. The molecule has 1 amide bonds. The molecule has 3 atom stereocenters. The highest BCUT2D eigenvalue weighted by molar-refractivity contribution is 6.30. The van der Waals surface area contributed by atoms with Crippen LogP contribution in [0.5, 0.6) is 0 Å². The van der Waals surface area contributed by atoms with Crippen molar-refractivity contribution in [3.8, 4) is 0 Å². The van der Waals surface area contributed by atoms with Gasteiger partial charge in [0.25, 0.3) is 11.6 Å². The SMILES string of the molecule is O=C(Nc1ccc([N+](=O)[O-])cc1)c1ccc2c(c1)C1C=CCC1C(c1ccc(Cl)cc1)N2. The number of hydrogen-bond acceptors (Lipinski definition) is 4. The molecule has 0 aromatic heterocycles. The molecule has 6 nitrogen and oxygen atoms in total. The smallest absolute Gasteiger partial charge is 0.269 e. The standard InChI is InChI=1S/C25H20ClN3O3/c26-17-7-4-15(5-8-17)24-21-3-1-2-20(21)22-14-16(6-13-23(22)28-24)25(30)27-18-9-11-19(12-10-18)29(31)32/h1-2,4-14,20-21,24,28H,3H2,(H,27,30). The van der Waals surface area contributed by atoms with Crippen LogP contribution in [0.1, 0.15) is 39.9 Å². The van der Waals surface area contributed by atoms with Crippen molar-refractivity contribution in [2.75, 3.05) is 10.6 Å². The van der Waals surface area contributed by atoms with Crippen LogP contribution in [0, 0.1) is 16.0 Å². The average molecular weight is 446 g/mol. The zero-order valence-corrected chi connectivity index (χ0v) is 17.8. The van der Waals surface area contributed by atoms with Gasteiger partial charge in [-0.2, -0.15) is 0 Å². The number of nitro groups is 1. The summed E-state index contributed by atoms with van der Waals surface area (Å²) in [7, 11) is 0. The fourth-order valence-electron chi connectivity index (χ4n) is 4.61. The Bertz CT molecular complexity index is 1220. The minimum absolute atomic E-state index is 0.0165. The maximum absolute atomic E-state index is 12.8. The van der Waals surface area contributed by atoms with Crippen LogP contribution >= 0.6 is 11.6 Å². The summed E-state index contributed by atoms with van der Waals surface area (Å²) in [5, 5.41) is 18.0. The number of nitro benzene ring substituents is 1. The Morgan fingerprint density at radius 1 is 1.06 bits per heavy atom. The van der Waals surface area contributed by atoms with Gasteiger partial charge in [-0.05, 0) is 65.9 Å². The average Bonchev–Trinajstić information content (AvgIpc) is 3.29. The van der Waals surface area contributed by atoms with Gasteiger partial charge in [0.1, 0.15) is 0 Å². The first-order chi connectivity index (χ1) is 15.5. The van der Waals surface area contributed by atoms with Gasteiger partial charge in [-0.15, -0.1) is 0 Å². The molecule has 3 aromatic carbocycles. The van der Waals surface area contributed by atoms with E-state index >= 15 is 0 Å². The normalized spacial score (nSPS) is 20.7. The minimum atomic E-state index is -0.467. The maximum Gasteiger partial charge on any atom is 0.269 e. The highest BCUT2D eigenvalue weighted by Gasteiger charge is 2.38. The lowest BCUT2D eigenvalue weighted by atomic mass is 9.76. The first kappa shape index (κ1) is 20.3. The molecule has 0 saturated heterocycles. The number of halogens is 1. The highest BCUT2D eigenvalue weighted by Crippen LogP contribution is 2.50. The Morgan fingerprint density at radius 3 is 2.53 bits per heavy atom. The van der Waals surface area contributed by atoms with Gasteiger partial charge in [-0.3, -0.25) is 14.9 Å². The highest BCUT2D eigenvalue weighted by atomic mass is 35.5. The number of non-ortho nitro benzene ring substituents is 1. The maximum atomic E-state index is 12.8. The van der Waals surface area contributed by atoms with Crippen molar-refractivity contribution >= 4 is 34.6 Å². The van der Waals surface area contributed by atoms with Gasteiger partial charge >= 0.3 is 0 Å². The van der Waals surface area contributed by atoms with Crippen molar-refractivity contribution in [3.63, 3.8) is 0 Å². The first-order valence-electron chi connectivity index (χ1n) is 10.4. The van der Waals surface area contributed by atoms with Crippen LogP contribution in [0.2, 0.25) is 5.02 Å². The van der Waals surface area contributed by atoms with Crippen LogP contribution in [0.25, 0.3) is 0 Å². The molecule has 2 aliphatic rings. The molecular formula is C25H20ClN3O3. The molecule has 1 aliphatic carbocycles. The molecule has 3 aromatic rings. The zero-order valence-electron chi connectivity index (χ0n) is 17.0. The van der Waals surface area contributed by atoms with E-state index in [0.717, 1.165) is 22.7 Å². The summed E-state index contributed by atoms with van der Waals surface area (Å²) in [6.07, 6.45) is 5.40. The molecule has 5 rings (SSSR count). The van der Waals surface area contributed by atoms with Crippen LogP contribution in [-0.4, -0.2) is 10.8 Å². The Kier molecular flexibility index (Phi) is 5.15. The molecule has 160 valence electrons. The Morgan fingerprint density at radius 2 is 1.81 bits per heavy atom. The number of carbonyl (C=O) groups is 1. The Labute approximate surface area is 190 Å². The molecule has 2 N–H and O–H groups in total. The summed E-state index contributed by atoms with van der Waals surface area (Å²) in [4.78, 5) is 23.2. The number of carbonyl (C=O) groups excluding carboxylic acids is 1. The second-order valence-electron chi connectivity index (χ2n) is 8.09. The summed E-state index contributed by atoms with van der Waals surface area (Å²) in [6.45, 7) is 0. The van der Waals surface area contributed by atoms with Crippen molar-refractivity contribution in [2.24, 2.45) is 5.92 Å². The quantitative estimate of drug-likeness (QED) is 0.279. The van der Waals surface area contributed by atoms with Crippen LogP contribution < -0.4 is 10.6 Å². The summed E-state index contributed by atoms with van der Waals surface area (Å²) in [5.74, 6) is 0.329. The molecule has 1 aliphatic heterocycles. The van der Waals surface area contributed by atoms with Gasteiger partial charge in [0.15, 0.2) is 0 Å². The molecule has 1 heterocycles. The fourth-order valence-corrected chi connectivity index (χ4v) is 4.73. The van der Waals surface area contributed by atoms with Crippen LogP contribution in [0.15, 0.2) is 78.9 Å². The van der Waals surface area contributed by atoms with Crippen LogP contribution in [0.4, 0.5) is 17.1 Å². The number of fused-ring (bicyclic) bond motifs is 3. The Balaban J connectivity index is 1.40. The molecular weight excluding hydrogens is 426 g/mol. The van der Waals surface area contributed by atoms with Gasteiger partial charge in [0, 0.05) is 40.0 Å². The molecule has 0 saturated carbocycles. The molecule has 0 spiro atoms. The van der Waals surface area contributed by atoms with E-state index in [4.69, 9.17) is 11.6 Å². The second kappa shape index (κ2) is 8.13. The van der Waals surface area contributed by atoms with Crippen molar-refractivity contribution in [1.29, 1.82) is 0 Å². The summed E-state index contributed by atoms with van der Waals surface area (Å²) >= 11 is 6.07. The lowest BCUT2D eigenvalue weighted by Gasteiger charge is -2.37. The van der Waals surface area contributed by atoms with E-state index in [1.807, 2.05) is 24.3 Å². The third-order valence-corrected chi connectivity index (χ3v) is 6.44. The largest absolute Gasteiger partial charge is 0.378 e. The van der Waals surface area contributed by atoms with Gasteiger partial charge in [-0.25, -0.2) is 0 Å². The number of allylic oxidation sites excluding steroid dienone is 2. The lowest BCUT2D eigenvalue weighted by molar-refractivity contribution is -0.384. The predicted molar refractivity (Wildman–Crippen MR) is 125 cm³/mol. The van der Waals surface area contributed by atoms with E-state index in [9.17, 15) is 14.9 Å². The van der Waals surface area contributed by atoms with E-state index in [1.54, 1.807) is 6.07 Å². The molecule has 7 heteroatoms. The number of benzene rings is 3. The molecule has 0 fully saturated rings. The second-order valence-corrected chi connectivity index (χ2v) is 8.52. The number of nitrogens with zero attached hydrogens (tertiary/aromatic N) is 1. The minimum Gasteiger partial charge on any atom is -0.378 e. The number of hydrogen-bond donors (Lipinski definition) is 2. The van der Waals surface area contributed by atoms with Crippen molar-refractivity contribution in [2.45, 2.75) is 18.4 Å². The number of nitrogens with one attached hydrogen (secondary N) is 2. The summed E-state index contributed by atoms with van der Waals surface area (Å²) < 4.78 is 0. The van der Waals surface area contributed by atoms with Gasteiger partial charge < -0.3 is 10.6 Å². The zero-order chi connectivity index (χ0) is 22.2. The summed E-state index contributed by atoms with van der Waals surface area (Å²) in [6, 6.07) is 19.6. The lowest BCUT2D eigenvalue weighted by Crippen LogP contribution is -2.29. The van der Waals surface area contributed by atoms with E-state index in [1.165, 1.54) is 29.8 Å². The van der Waals surface area contributed by atoms with E-state index in [0.29, 0.717) is 17.2 Å². The summed E-state index contributed by atoms with van der Waals surface area (Å²) in [5.41, 5.74) is 4.36. The van der Waals surface area contributed by atoms with E-state index in [-0.39, 0.29) is 23.6 Å². The fraction of sp³-hybridized carbons (Fsp3) is 0.160. The Hall–Kier alpha value is -3.64. The molecule has 0 bridgehead atoms. The first-order valence-corrected chi connectivity index (χ1v) is 10.8. The molecule has 3 unspecified atom stereocenters.